The number of carbonyl (C=O) groups is 3. The van der Waals surface area contributed by atoms with Crippen LogP contribution in [0.4, 0.5) is 34.1 Å². The van der Waals surface area contributed by atoms with Crippen molar-refractivity contribution in [2.75, 3.05) is 17.2 Å². The summed E-state index contributed by atoms with van der Waals surface area (Å²) in [6, 6.07) is 7.37. The number of nitrogens with two attached hydrogens (primary N) is 1. The molecule has 0 aliphatic carbocycles. The Bertz CT molecular complexity index is 1310. The zero-order valence-corrected chi connectivity index (χ0v) is 18.7. The molecular weight excluding hydrogens is 491 g/mol. The molecule has 4 rings (SSSR count). The van der Waals surface area contributed by atoms with Crippen LogP contribution in [-0.4, -0.2) is 46.4 Å². The van der Waals surface area contributed by atoms with Gasteiger partial charge in [-0.3, -0.25) is 9.36 Å². The van der Waals surface area contributed by atoms with E-state index < -0.39 is 36.1 Å². The number of amides is 4. The minimum atomic E-state index is -4.87. The monoisotopic (exact) mass is 509 g/mol. The maximum absolute atomic E-state index is 13.0. The van der Waals surface area contributed by atoms with E-state index in [0.29, 0.717) is 34.5 Å². The van der Waals surface area contributed by atoms with Gasteiger partial charge in [0, 0.05) is 34.9 Å². The molecule has 1 aromatic heterocycles. The van der Waals surface area contributed by atoms with Gasteiger partial charge in [0.25, 0.3) is 0 Å². The predicted molar refractivity (Wildman–Crippen MR) is 122 cm³/mol. The van der Waals surface area contributed by atoms with Crippen molar-refractivity contribution >= 4 is 51.8 Å². The highest BCUT2D eigenvalue weighted by Gasteiger charge is 2.35. The number of benzene rings is 2. The number of hydrogen-bond donors (Lipinski definition) is 3. The number of alkyl halides is 3. The Labute approximate surface area is 201 Å². The Hall–Kier alpha value is -3.93. The fraction of sp³-hybridized carbons (Fsp3) is 0.227. The third-order valence-electron chi connectivity index (χ3n) is 5.40. The van der Waals surface area contributed by atoms with Crippen LogP contribution < -0.4 is 21.1 Å². The predicted octanol–water partition coefficient (Wildman–Crippen LogP) is 4.76. The van der Waals surface area contributed by atoms with Gasteiger partial charge in [0.2, 0.25) is 5.91 Å². The van der Waals surface area contributed by atoms with Crippen LogP contribution in [0.15, 0.2) is 48.7 Å². The maximum Gasteiger partial charge on any atom is 0.573 e. The van der Waals surface area contributed by atoms with Gasteiger partial charge in [0.1, 0.15) is 11.8 Å². The van der Waals surface area contributed by atoms with E-state index in [4.69, 9.17) is 17.3 Å². The molecule has 0 unspecified atom stereocenters. The summed E-state index contributed by atoms with van der Waals surface area (Å²) < 4.78 is 42.4. The van der Waals surface area contributed by atoms with Gasteiger partial charge in [0.05, 0.1) is 11.2 Å². The molecule has 1 atom stereocenters. The Morgan fingerprint density at radius 2 is 1.89 bits per heavy atom. The number of halogens is 4. The van der Waals surface area contributed by atoms with Crippen molar-refractivity contribution < 1.29 is 32.3 Å². The molecule has 35 heavy (non-hydrogen) atoms. The van der Waals surface area contributed by atoms with Gasteiger partial charge in [-0.25, -0.2) is 9.59 Å². The molecule has 9 nitrogen and oxygen atoms in total. The van der Waals surface area contributed by atoms with Crippen molar-refractivity contribution in [1.29, 1.82) is 0 Å². The van der Waals surface area contributed by atoms with E-state index in [1.165, 1.54) is 29.3 Å². The molecular formula is C22H19ClF3N5O4. The third-order valence-corrected chi connectivity index (χ3v) is 5.63. The first-order valence-electron chi connectivity index (χ1n) is 10.4. The van der Waals surface area contributed by atoms with Crippen LogP contribution in [0.2, 0.25) is 5.02 Å². The van der Waals surface area contributed by atoms with Crippen LogP contribution >= 0.6 is 11.6 Å². The molecule has 1 fully saturated rings. The number of nitrogens with zero attached hydrogens (tertiary/aromatic N) is 2. The summed E-state index contributed by atoms with van der Waals surface area (Å²) in [5, 5.41) is 6.11. The van der Waals surface area contributed by atoms with E-state index >= 15 is 0 Å². The number of anilines is 2. The Balaban J connectivity index is 1.49. The van der Waals surface area contributed by atoms with Crippen LogP contribution in [0.5, 0.6) is 5.75 Å². The van der Waals surface area contributed by atoms with Gasteiger partial charge >= 0.3 is 18.4 Å². The second-order valence-electron chi connectivity index (χ2n) is 7.76. The number of nitrogens with one attached hydrogen (secondary N) is 2. The molecule has 1 aliphatic heterocycles. The fourth-order valence-electron chi connectivity index (χ4n) is 3.95. The van der Waals surface area contributed by atoms with Crippen molar-refractivity contribution in [1.82, 2.24) is 9.47 Å². The maximum atomic E-state index is 13.0. The lowest BCUT2D eigenvalue weighted by Gasteiger charge is -2.24. The summed E-state index contributed by atoms with van der Waals surface area (Å²) in [6.07, 6.45) is -2.61. The summed E-state index contributed by atoms with van der Waals surface area (Å²) in [5.74, 6) is -1.05. The van der Waals surface area contributed by atoms with Gasteiger partial charge in [-0.2, -0.15) is 0 Å². The SMILES string of the molecule is NC(=O)n1cc(NC(=O)N2CCC[C@H]2C(=O)Nc2cccc(OC(F)(F)F)c2)c2ccc(Cl)cc21. The summed E-state index contributed by atoms with van der Waals surface area (Å²) in [6.45, 7) is 0.279. The summed E-state index contributed by atoms with van der Waals surface area (Å²) in [4.78, 5) is 39.0. The number of primary amides is 1. The highest BCUT2D eigenvalue weighted by molar-refractivity contribution is 6.31. The highest BCUT2D eigenvalue weighted by Crippen LogP contribution is 2.30. The van der Waals surface area contributed by atoms with Gasteiger partial charge in [-0.15, -0.1) is 13.2 Å². The molecule has 2 aromatic carbocycles. The molecule has 0 spiro atoms. The molecule has 4 amide bonds. The number of aromatic nitrogens is 1. The molecule has 1 saturated heterocycles. The van der Waals surface area contributed by atoms with Gasteiger partial charge in [-0.1, -0.05) is 17.7 Å². The molecule has 0 radical (unpaired) electrons. The average molecular weight is 510 g/mol. The second kappa shape index (κ2) is 9.37. The van der Waals surface area contributed by atoms with E-state index in [0.717, 1.165) is 16.7 Å². The minimum absolute atomic E-state index is 0.0883. The first kappa shape index (κ1) is 24.2. The molecule has 2 heterocycles. The third kappa shape index (κ3) is 5.43. The normalized spacial score (nSPS) is 15.8. The summed E-state index contributed by atoms with van der Waals surface area (Å²) in [5.41, 5.74) is 6.19. The lowest BCUT2D eigenvalue weighted by molar-refractivity contribution is -0.274. The summed E-state index contributed by atoms with van der Waals surface area (Å²) >= 11 is 6.01. The van der Waals surface area contributed by atoms with Crippen LogP contribution in [0.1, 0.15) is 12.8 Å². The van der Waals surface area contributed by atoms with E-state index in [-0.39, 0.29) is 12.2 Å². The van der Waals surface area contributed by atoms with Crippen molar-refractivity contribution in [2.24, 2.45) is 5.73 Å². The summed E-state index contributed by atoms with van der Waals surface area (Å²) in [7, 11) is 0. The van der Waals surface area contributed by atoms with Crippen LogP contribution in [0, 0.1) is 0 Å². The Morgan fingerprint density at radius 3 is 2.60 bits per heavy atom. The topological polar surface area (TPSA) is 119 Å². The number of carbonyl (C=O) groups excluding carboxylic acids is 3. The first-order valence-corrected chi connectivity index (χ1v) is 10.7. The first-order chi connectivity index (χ1) is 16.5. The molecule has 3 aromatic rings. The zero-order chi connectivity index (χ0) is 25.3. The van der Waals surface area contributed by atoms with Crippen molar-refractivity contribution in [3.63, 3.8) is 0 Å². The van der Waals surface area contributed by atoms with Crippen LogP contribution in [-0.2, 0) is 4.79 Å². The molecule has 0 saturated carbocycles. The number of ether oxygens (including phenoxy) is 1. The smallest absolute Gasteiger partial charge is 0.406 e. The number of likely N-dealkylation sites (tertiary alicyclic amines) is 1. The standard InChI is InChI=1S/C22H19ClF3N5O4/c23-12-6-7-15-16(11-31(20(27)33)18(15)9-12)29-21(34)30-8-2-5-17(30)19(32)28-13-3-1-4-14(10-13)35-22(24,25)26/h1,3-4,6-7,9-11,17H,2,5,8H2,(H2,27,33)(H,28,32)(H,29,34)/t17-/m0/s1. The van der Waals surface area contributed by atoms with E-state index in [2.05, 4.69) is 15.4 Å². The number of fused-ring (bicyclic) bond motifs is 1. The largest absolute Gasteiger partial charge is 0.573 e. The quantitative estimate of drug-likeness (QED) is 0.470. The second-order valence-corrected chi connectivity index (χ2v) is 8.20. The van der Waals surface area contributed by atoms with Crippen molar-refractivity contribution in [3.05, 3.63) is 53.7 Å². The molecule has 0 bridgehead atoms. The molecule has 184 valence electrons. The lowest BCUT2D eigenvalue weighted by Crippen LogP contribution is -2.45. The number of rotatable bonds is 4. The average Bonchev–Trinajstić information content (AvgIpc) is 3.38. The highest BCUT2D eigenvalue weighted by atomic mass is 35.5. The molecule has 13 heteroatoms. The van der Waals surface area contributed by atoms with Crippen LogP contribution in [0.25, 0.3) is 10.9 Å². The molecule has 4 N–H and O–H groups in total. The van der Waals surface area contributed by atoms with Gasteiger partial charge < -0.3 is 26.0 Å². The van der Waals surface area contributed by atoms with Crippen molar-refractivity contribution in [2.45, 2.75) is 25.2 Å². The van der Waals surface area contributed by atoms with E-state index in [1.54, 1.807) is 12.1 Å². The fourth-order valence-corrected chi connectivity index (χ4v) is 4.11. The molecule has 1 aliphatic rings. The van der Waals surface area contributed by atoms with E-state index in [9.17, 15) is 27.6 Å². The van der Waals surface area contributed by atoms with Crippen molar-refractivity contribution in [3.8, 4) is 5.75 Å². The Kier molecular flexibility index (Phi) is 6.48. The Morgan fingerprint density at radius 1 is 1.11 bits per heavy atom. The van der Waals surface area contributed by atoms with Gasteiger partial charge in [0.15, 0.2) is 0 Å². The number of urea groups is 1. The minimum Gasteiger partial charge on any atom is -0.406 e. The van der Waals surface area contributed by atoms with Gasteiger partial charge in [-0.05, 0) is 43.2 Å². The lowest BCUT2D eigenvalue weighted by atomic mass is 10.2. The number of hydrogen-bond acceptors (Lipinski definition) is 4. The van der Waals surface area contributed by atoms with E-state index in [1.807, 2.05) is 0 Å². The van der Waals surface area contributed by atoms with Crippen LogP contribution in [0.3, 0.4) is 0 Å². The zero-order valence-electron chi connectivity index (χ0n) is 17.9.